The topological polar surface area (TPSA) is 62.2 Å². The molecule has 0 aromatic heterocycles. The van der Waals surface area contributed by atoms with Crippen LogP contribution in [-0.2, 0) is 14.3 Å². The smallest absolute Gasteiger partial charge is 0.240 e. The Hall–Kier alpha value is -3.29. The molecule has 6 atom stereocenters. The SMILES string of the molecule is O=C1C2C3OC(C2C(=O)N1c1ccc(Br)cc1)C1C3C(c2ccccc2)=NN1c1ccccc1. The van der Waals surface area contributed by atoms with E-state index in [2.05, 4.69) is 15.9 Å². The van der Waals surface area contributed by atoms with Crippen LogP contribution in [0, 0.1) is 17.8 Å². The largest absolute Gasteiger partial charge is 0.370 e. The number of nitrogens with zero attached hydrogens (tertiary/aromatic N) is 3. The number of halogens is 1. The van der Waals surface area contributed by atoms with Gasteiger partial charge in [0, 0.05) is 4.47 Å². The number of carbonyl (C=O) groups is 2. The lowest BCUT2D eigenvalue weighted by Crippen LogP contribution is -2.50. The minimum atomic E-state index is -0.501. The minimum absolute atomic E-state index is 0.0875. The zero-order valence-corrected chi connectivity index (χ0v) is 19.6. The fourth-order valence-corrected chi connectivity index (χ4v) is 6.39. The van der Waals surface area contributed by atoms with Gasteiger partial charge >= 0.3 is 0 Å². The number of para-hydroxylation sites is 1. The highest BCUT2D eigenvalue weighted by atomic mass is 79.9. The normalized spacial score (nSPS) is 31.1. The molecule has 3 aromatic carbocycles. The molecule has 0 saturated carbocycles. The Kier molecular flexibility index (Phi) is 4.35. The summed E-state index contributed by atoms with van der Waals surface area (Å²) >= 11 is 3.43. The summed E-state index contributed by atoms with van der Waals surface area (Å²) in [5, 5.41) is 7.05. The van der Waals surface area contributed by atoms with Gasteiger partial charge in [-0.1, -0.05) is 64.5 Å². The van der Waals surface area contributed by atoms with Gasteiger partial charge in [0.05, 0.1) is 53.1 Å². The van der Waals surface area contributed by atoms with Gasteiger partial charge in [-0.25, -0.2) is 4.90 Å². The maximum Gasteiger partial charge on any atom is 0.240 e. The number of rotatable bonds is 3. The Morgan fingerprint density at radius 2 is 1.32 bits per heavy atom. The molecule has 2 bridgehead atoms. The van der Waals surface area contributed by atoms with Gasteiger partial charge in [-0.05, 0) is 42.0 Å². The molecule has 0 spiro atoms. The van der Waals surface area contributed by atoms with Crippen LogP contribution < -0.4 is 9.91 Å². The van der Waals surface area contributed by atoms with Crippen LogP contribution in [0.3, 0.4) is 0 Å². The maximum absolute atomic E-state index is 13.6. The van der Waals surface area contributed by atoms with Gasteiger partial charge in [0.1, 0.15) is 0 Å². The zero-order valence-electron chi connectivity index (χ0n) is 18.0. The first kappa shape index (κ1) is 20.1. The molecule has 34 heavy (non-hydrogen) atoms. The van der Waals surface area contributed by atoms with E-state index in [4.69, 9.17) is 9.84 Å². The van der Waals surface area contributed by atoms with Crippen LogP contribution >= 0.6 is 15.9 Å². The maximum atomic E-state index is 13.6. The third-order valence-electron chi connectivity index (χ3n) is 7.47. The Labute approximate surface area is 204 Å². The zero-order chi connectivity index (χ0) is 23.0. The van der Waals surface area contributed by atoms with Crippen molar-refractivity contribution in [1.82, 2.24) is 0 Å². The highest BCUT2D eigenvalue weighted by molar-refractivity contribution is 9.10. The third kappa shape index (κ3) is 2.68. The van der Waals surface area contributed by atoms with Crippen molar-refractivity contribution in [3.8, 4) is 0 Å². The number of imide groups is 1. The molecule has 7 rings (SSSR count). The van der Waals surface area contributed by atoms with Crippen LogP contribution in [-0.4, -0.2) is 35.8 Å². The van der Waals surface area contributed by atoms with E-state index in [1.165, 1.54) is 4.90 Å². The van der Waals surface area contributed by atoms with E-state index < -0.39 is 17.9 Å². The lowest BCUT2D eigenvalue weighted by atomic mass is 9.70. The summed E-state index contributed by atoms with van der Waals surface area (Å²) < 4.78 is 7.35. The molecule has 6 unspecified atom stereocenters. The van der Waals surface area contributed by atoms with Gasteiger partial charge in [-0.2, -0.15) is 5.10 Å². The van der Waals surface area contributed by atoms with E-state index in [1.54, 1.807) is 12.1 Å². The van der Waals surface area contributed by atoms with Gasteiger partial charge in [-0.15, -0.1) is 0 Å². The molecule has 4 aliphatic rings. The van der Waals surface area contributed by atoms with Crippen LogP contribution in [0.1, 0.15) is 5.56 Å². The number of anilines is 2. The fourth-order valence-electron chi connectivity index (χ4n) is 6.13. The van der Waals surface area contributed by atoms with Crippen molar-refractivity contribution in [2.24, 2.45) is 22.9 Å². The number of benzene rings is 3. The highest BCUT2D eigenvalue weighted by Gasteiger charge is 2.72. The first-order valence-electron chi connectivity index (χ1n) is 11.4. The standard InChI is InChI=1S/C27H20BrN3O3/c28-16-11-13-17(14-12-16)30-26(32)19-20(27(30)33)25-23-21(24(19)34-25)22(15-7-3-1-4-8-15)29-31(23)18-9-5-2-6-10-18/h1-14,19-21,23-25H. The van der Waals surface area contributed by atoms with E-state index in [0.717, 1.165) is 21.4 Å². The number of amides is 2. The lowest BCUT2D eigenvalue weighted by Gasteiger charge is -2.32. The van der Waals surface area contributed by atoms with E-state index >= 15 is 0 Å². The summed E-state index contributed by atoms with van der Waals surface area (Å²) in [5.41, 5.74) is 3.50. The Bertz CT molecular complexity index is 1330. The quantitative estimate of drug-likeness (QED) is 0.491. The molecule has 0 aliphatic carbocycles. The Balaban J connectivity index is 1.32. The molecule has 3 fully saturated rings. The first-order valence-corrected chi connectivity index (χ1v) is 12.2. The molecule has 7 heteroatoms. The molecule has 4 heterocycles. The molecule has 168 valence electrons. The van der Waals surface area contributed by atoms with Crippen LogP contribution in [0.2, 0.25) is 0 Å². The van der Waals surface area contributed by atoms with Crippen molar-refractivity contribution in [2.45, 2.75) is 18.2 Å². The first-order chi connectivity index (χ1) is 16.6. The molecule has 2 amide bonds. The number of ether oxygens (including phenoxy) is 1. The van der Waals surface area contributed by atoms with Crippen LogP contribution in [0.5, 0.6) is 0 Å². The molecular formula is C27H20BrN3O3. The molecule has 3 aromatic rings. The van der Waals surface area contributed by atoms with Crippen molar-refractivity contribution < 1.29 is 14.3 Å². The second-order valence-electron chi connectivity index (χ2n) is 9.15. The van der Waals surface area contributed by atoms with Gasteiger partial charge in [-0.3, -0.25) is 14.6 Å². The van der Waals surface area contributed by atoms with E-state index in [1.807, 2.05) is 77.8 Å². The predicted molar refractivity (Wildman–Crippen MR) is 131 cm³/mol. The number of hydrogen-bond donors (Lipinski definition) is 0. The summed E-state index contributed by atoms with van der Waals surface area (Å²) in [6.45, 7) is 0. The number of fused-ring (bicyclic) bond motifs is 8. The lowest BCUT2D eigenvalue weighted by molar-refractivity contribution is -0.125. The Morgan fingerprint density at radius 1 is 0.706 bits per heavy atom. The van der Waals surface area contributed by atoms with Crippen molar-refractivity contribution >= 4 is 44.8 Å². The average molecular weight is 514 g/mol. The number of hydrogen-bond acceptors (Lipinski definition) is 5. The van der Waals surface area contributed by atoms with Gasteiger partial charge in [0.2, 0.25) is 11.8 Å². The van der Waals surface area contributed by atoms with Crippen molar-refractivity contribution in [2.75, 3.05) is 9.91 Å². The van der Waals surface area contributed by atoms with E-state index in [9.17, 15) is 9.59 Å². The summed E-state index contributed by atoms with van der Waals surface area (Å²) in [4.78, 5) is 28.6. The second kappa shape index (κ2) is 7.35. The third-order valence-corrected chi connectivity index (χ3v) is 8.00. The Morgan fingerprint density at radius 3 is 2.00 bits per heavy atom. The monoisotopic (exact) mass is 513 g/mol. The van der Waals surface area contributed by atoms with Crippen LogP contribution in [0.25, 0.3) is 0 Å². The number of hydrazone groups is 1. The highest BCUT2D eigenvalue weighted by Crippen LogP contribution is 2.56. The summed E-state index contributed by atoms with van der Waals surface area (Å²) in [6, 6.07) is 27.2. The van der Waals surface area contributed by atoms with Gasteiger partial charge in [0.25, 0.3) is 0 Å². The minimum Gasteiger partial charge on any atom is -0.370 e. The summed E-state index contributed by atoms with van der Waals surface area (Å²) in [5.74, 6) is -1.43. The molecule has 4 aliphatic heterocycles. The second-order valence-corrected chi connectivity index (χ2v) is 10.1. The average Bonchev–Trinajstić information content (AvgIpc) is 3.60. The van der Waals surface area contributed by atoms with Gasteiger partial charge < -0.3 is 4.74 Å². The molecule has 3 saturated heterocycles. The van der Waals surface area contributed by atoms with Crippen molar-refractivity contribution in [3.05, 3.63) is 95.0 Å². The predicted octanol–water partition coefficient (Wildman–Crippen LogP) is 4.25. The van der Waals surface area contributed by atoms with Crippen molar-refractivity contribution in [1.29, 1.82) is 0 Å². The van der Waals surface area contributed by atoms with Crippen LogP contribution in [0.15, 0.2) is 94.5 Å². The molecule has 0 radical (unpaired) electrons. The fraction of sp³-hybridized carbons (Fsp3) is 0.222. The molecular weight excluding hydrogens is 494 g/mol. The van der Waals surface area contributed by atoms with Crippen LogP contribution in [0.4, 0.5) is 11.4 Å². The van der Waals surface area contributed by atoms with Crippen molar-refractivity contribution in [3.63, 3.8) is 0 Å². The molecule has 6 nitrogen and oxygen atoms in total. The summed E-state index contributed by atoms with van der Waals surface area (Å²) in [6.07, 6.45) is -0.786. The van der Waals surface area contributed by atoms with E-state index in [0.29, 0.717) is 5.69 Å². The van der Waals surface area contributed by atoms with Gasteiger partial charge in [0.15, 0.2) is 0 Å². The number of carbonyl (C=O) groups excluding carboxylic acids is 2. The van der Waals surface area contributed by atoms with E-state index in [-0.39, 0.29) is 29.9 Å². The summed E-state index contributed by atoms with van der Waals surface area (Å²) in [7, 11) is 0. The molecule has 0 N–H and O–H groups in total.